The minimum Gasteiger partial charge on any atom is -0.415 e. The zero-order valence-electron chi connectivity index (χ0n) is 12.6. The van der Waals surface area contributed by atoms with E-state index in [4.69, 9.17) is 9.56 Å². The van der Waals surface area contributed by atoms with E-state index >= 15 is 0 Å². The Morgan fingerprint density at radius 2 is 1.79 bits per heavy atom. The van der Waals surface area contributed by atoms with Crippen LogP contribution in [0.2, 0.25) is 0 Å². The van der Waals surface area contributed by atoms with Crippen molar-refractivity contribution < 1.29 is 17.2 Å². The molecule has 24 heavy (non-hydrogen) atoms. The van der Waals surface area contributed by atoms with Gasteiger partial charge in [0, 0.05) is 5.56 Å². The number of hydrogen-bond acceptors (Lipinski definition) is 4. The molecule has 0 aliphatic heterocycles. The maximum Gasteiger partial charge on any atom is 0.424 e. The van der Waals surface area contributed by atoms with Crippen molar-refractivity contribution in [2.75, 3.05) is 0 Å². The number of oxazole rings is 1. The van der Waals surface area contributed by atoms with E-state index in [2.05, 4.69) is 0 Å². The predicted molar refractivity (Wildman–Crippen MR) is 85.8 cm³/mol. The van der Waals surface area contributed by atoms with Gasteiger partial charge >= 0.3 is 5.76 Å². The smallest absolute Gasteiger partial charge is 0.415 e. The second-order valence-electron chi connectivity index (χ2n) is 5.25. The SMILES string of the molecule is Cc1ccc(-n2c(-c3ccc(S(N)(=O)=O)c(F)c3)coc2=O)cc1. The van der Waals surface area contributed by atoms with Crippen molar-refractivity contribution in [3.05, 3.63) is 70.7 Å². The van der Waals surface area contributed by atoms with Crippen molar-refractivity contribution in [1.82, 2.24) is 4.57 Å². The number of primary sulfonamides is 1. The van der Waals surface area contributed by atoms with Gasteiger partial charge < -0.3 is 4.42 Å². The Hall–Kier alpha value is -2.71. The minimum atomic E-state index is -4.16. The zero-order chi connectivity index (χ0) is 17.5. The molecular formula is C16H13FN2O4S. The Morgan fingerprint density at radius 1 is 1.12 bits per heavy atom. The number of aryl methyl sites for hydroxylation is 1. The Labute approximate surface area is 137 Å². The Kier molecular flexibility index (Phi) is 3.86. The third-order valence-electron chi connectivity index (χ3n) is 3.52. The second-order valence-corrected chi connectivity index (χ2v) is 6.78. The van der Waals surface area contributed by atoms with E-state index in [1.807, 2.05) is 19.1 Å². The molecule has 0 spiro atoms. The summed E-state index contributed by atoms with van der Waals surface area (Å²) in [6.45, 7) is 1.91. The zero-order valence-corrected chi connectivity index (χ0v) is 13.4. The van der Waals surface area contributed by atoms with Gasteiger partial charge in [-0.25, -0.2) is 27.3 Å². The van der Waals surface area contributed by atoms with Crippen LogP contribution in [-0.2, 0) is 10.0 Å². The molecule has 2 N–H and O–H groups in total. The summed E-state index contributed by atoms with van der Waals surface area (Å²) < 4.78 is 42.8. The highest BCUT2D eigenvalue weighted by Gasteiger charge is 2.18. The molecular weight excluding hydrogens is 335 g/mol. The molecule has 0 saturated carbocycles. The Morgan fingerprint density at radius 3 is 2.38 bits per heavy atom. The molecule has 0 aliphatic rings. The lowest BCUT2D eigenvalue weighted by Gasteiger charge is -2.08. The number of nitrogens with two attached hydrogens (primary N) is 1. The first-order valence-electron chi connectivity index (χ1n) is 6.87. The van der Waals surface area contributed by atoms with Crippen LogP contribution in [-0.4, -0.2) is 13.0 Å². The van der Waals surface area contributed by atoms with Gasteiger partial charge in [-0.3, -0.25) is 0 Å². The fraction of sp³-hybridized carbons (Fsp3) is 0.0625. The molecule has 0 amide bonds. The third kappa shape index (κ3) is 2.89. The average molecular weight is 348 g/mol. The van der Waals surface area contributed by atoms with E-state index in [0.717, 1.165) is 17.7 Å². The topological polar surface area (TPSA) is 95.3 Å². The summed E-state index contributed by atoms with van der Waals surface area (Å²) in [6.07, 6.45) is 1.19. The van der Waals surface area contributed by atoms with Crippen LogP contribution in [0.4, 0.5) is 4.39 Å². The fourth-order valence-corrected chi connectivity index (χ4v) is 2.92. The van der Waals surface area contributed by atoms with Gasteiger partial charge in [0.1, 0.15) is 17.0 Å². The normalized spacial score (nSPS) is 11.6. The molecule has 2 aromatic carbocycles. The first kappa shape index (κ1) is 16.2. The van der Waals surface area contributed by atoms with Gasteiger partial charge in [0.05, 0.1) is 11.4 Å². The average Bonchev–Trinajstić information content (AvgIpc) is 2.88. The molecule has 1 heterocycles. The van der Waals surface area contributed by atoms with E-state index in [1.165, 1.54) is 16.9 Å². The van der Waals surface area contributed by atoms with Gasteiger partial charge in [0.2, 0.25) is 10.0 Å². The largest absolute Gasteiger partial charge is 0.424 e. The van der Waals surface area contributed by atoms with Crippen LogP contribution in [0.15, 0.2) is 62.8 Å². The van der Waals surface area contributed by atoms with Crippen LogP contribution in [0.5, 0.6) is 0 Å². The monoisotopic (exact) mass is 348 g/mol. The van der Waals surface area contributed by atoms with E-state index in [-0.39, 0.29) is 5.56 Å². The summed E-state index contributed by atoms with van der Waals surface area (Å²) in [7, 11) is -4.16. The third-order valence-corrected chi connectivity index (χ3v) is 4.47. The summed E-state index contributed by atoms with van der Waals surface area (Å²) in [4.78, 5) is 11.4. The number of aromatic nitrogens is 1. The maximum atomic E-state index is 14.0. The van der Waals surface area contributed by atoms with Crippen LogP contribution >= 0.6 is 0 Å². The molecule has 3 aromatic rings. The number of sulfonamides is 1. The highest BCUT2D eigenvalue weighted by Crippen LogP contribution is 2.25. The van der Waals surface area contributed by atoms with Gasteiger partial charge in [-0.2, -0.15) is 0 Å². The molecule has 8 heteroatoms. The molecule has 1 aromatic heterocycles. The standard InChI is InChI=1S/C16H13FN2O4S/c1-10-2-5-12(6-3-10)19-14(9-23-16(19)20)11-4-7-15(13(17)8-11)24(18,21)22/h2-9H,1H3,(H2,18,21,22). The Bertz CT molecular complexity index is 1070. The fourth-order valence-electron chi connectivity index (χ4n) is 2.34. The molecule has 124 valence electrons. The van der Waals surface area contributed by atoms with Crippen molar-refractivity contribution in [2.45, 2.75) is 11.8 Å². The predicted octanol–water partition coefficient (Wildman–Crippen LogP) is 2.19. The summed E-state index contributed by atoms with van der Waals surface area (Å²) in [5.74, 6) is -1.64. The highest BCUT2D eigenvalue weighted by atomic mass is 32.2. The quantitative estimate of drug-likeness (QED) is 0.785. The first-order valence-corrected chi connectivity index (χ1v) is 8.42. The molecule has 0 radical (unpaired) electrons. The van der Waals surface area contributed by atoms with E-state index in [1.54, 1.807) is 12.1 Å². The van der Waals surface area contributed by atoms with Gasteiger partial charge in [-0.1, -0.05) is 23.8 Å². The van der Waals surface area contributed by atoms with Crippen LogP contribution in [0.25, 0.3) is 16.9 Å². The number of benzene rings is 2. The van der Waals surface area contributed by atoms with Gasteiger partial charge in [-0.15, -0.1) is 0 Å². The van der Waals surface area contributed by atoms with Crippen molar-refractivity contribution in [3.8, 4) is 16.9 Å². The van der Waals surface area contributed by atoms with Crippen molar-refractivity contribution in [2.24, 2.45) is 5.14 Å². The molecule has 0 unspecified atom stereocenters. The number of nitrogens with zero attached hydrogens (tertiary/aromatic N) is 1. The summed E-state index contributed by atoms with van der Waals surface area (Å²) in [6, 6.07) is 10.5. The van der Waals surface area contributed by atoms with Crippen LogP contribution in [0.1, 0.15) is 5.56 Å². The van der Waals surface area contributed by atoms with Crippen molar-refractivity contribution in [1.29, 1.82) is 0 Å². The van der Waals surface area contributed by atoms with E-state index in [9.17, 15) is 17.6 Å². The first-order chi connectivity index (χ1) is 11.3. The molecule has 0 atom stereocenters. The van der Waals surface area contributed by atoms with Crippen LogP contribution in [0.3, 0.4) is 0 Å². The molecule has 6 nitrogen and oxygen atoms in total. The Balaban J connectivity index is 2.17. The van der Waals surface area contributed by atoms with Crippen LogP contribution in [0, 0.1) is 12.7 Å². The van der Waals surface area contributed by atoms with E-state index < -0.39 is 26.5 Å². The number of rotatable bonds is 3. The number of hydrogen-bond donors (Lipinski definition) is 1. The van der Waals surface area contributed by atoms with Gasteiger partial charge in [0.25, 0.3) is 0 Å². The van der Waals surface area contributed by atoms with Crippen molar-refractivity contribution in [3.63, 3.8) is 0 Å². The van der Waals surface area contributed by atoms with Gasteiger partial charge in [0.15, 0.2) is 0 Å². The highest BCUT2D eigenvalue weighted by molar-refractivity contribution is 7.89. The second kappa shape index (κ2) is 5.73. The lowest BCUT2D eigenvalue weighted by molar-refractivity contribution is 0.504. The lowest BCUT2D eigenvalue weighted by Crippen LogP contribution is -2.15. The van der Waals surface area contributed by atoms with Crippen molar-refractivity contribution >= 4 is 10.0 Å². The minimum absolute atomic E-state index is 0.284. The van der Waals surface area contributed by atoms with Crippen LogP contribution < -0.4 is 10.9 Å². The van der Waals surface area contributed by atoms with E-state index in [0.29, 0.717) is 11.4 Å². The number of halogens is 1. The molecule has 0 bridgehead atoms. The summed E-state index contributed by atoms with van der Waals surface area (Å²) in [5.41, 5.74) is 2.14. The maximum absolute atomic E-state index is 14.0. The lowest BCUT2D eigenvalue weighted by atomic mass is 10.1. The molecule has 3 rings (SSSR count). The van der Waals surface area contributed by atoms with Gasteiger partial charge in [-0.05, 0) is 31.2 Å². The molecule has 0 saturated heterocycles. The molecule has 0 aliphatic carbocycles. The molecule has 0 fully saturated rings. The summed E-state index contributed by atoms with van der Waals surface area (Å²) >= 11 is 0. The summed E-state index contributed by atoms with van der Waals surface area (Å²) in [5, 5.41) is 4.94.